The fourth-order valence-corrected chi connectivity index (χ4v) is 6.50. The molecule has 0 bridgehead atoms. The van der Waals surface area contributed by atoms with Gasteiger partial charge in [-0.3, -0.25) is 4.99 Å². The number of hydrogen-bond donors (Lipinski definition) is 3. The van der Waals surface area contributed by atoms with Crippen molar-refractivity contribution in [1.82, 2.24) is 10.7 Å². The van der Waals surface area contributed by atoms with Crippen molar-refractivity contribution in [1.29, 1.82) is 0 Å². The average molecular weight is 641 g/mol. The van der Waals surface area contributed by atoms with E-state index in [1.54, 1.807) is 11.1 Å². The maximum atomic E-state index is 5.45. The third-order valence-electron chi connectivity index (χ3n) is 9.24. The number of hydrazine groups is 1. The van der Waals surface area contributed by atoms with Crippen molar-refractivity contribution in [2.45, 2.75) is 137 Å². The third kappa shape index (κ3) is 16.1. The fraction of sp³-hybridized carbons (Fsp3) is 0.558. The highest BCUT2D eigenvalue weighted by atomic mass is 15.2. The summed E-state index contributed by atoms with van der Waals surface area (Å²) in [6, 6.07) is 27.2. The molecule has 0 saturated carbocycles. The van der Waals surface area contributed by atoms with Crippen molar-refractivity contribution < 1.29 is 0 Å². The Kier molecular flexibility index (Phi) is 22.3. The van der Waals surface area contributed by atoms with Crippen LogP contribution < -0.4 is 16.6 Å². The van der Waals surface area contributed by atoms with Crippen molar-refractivity contribution in [3.63, 3.8) is 0 Å². The lowest BCUT2D eigenvalue weighted by molar-refractivity contribution is 0.460. The van der Waals surface area contributed by atoms with Gasteiger partial charge in [0.2, 0.25) is 0 Å². The third-order valence-corrected chi connectivity index (χ3v) is 9.24. The van der Waals surface area contributed by atoms with E-state index in [0.717, 1.165) is 44.0 Å². The minimum absolute atomic E-state index is 0.774. The molecule has 1 heterocycles. The van der Waals surface area contributed by atoms with Gasteiger partial charge in [0.1, 0.15) is 5.84 Å². The van der Waals surface area contributed by atoms with Crippen LogP contribution in [0.3, 0.4) is 0 Å². The molecule has 0 aliphatic carbocycles. The Morgan fingerprint density at radius 2 is 1.21 bits per heavy atom. The summed E-state index contributed by atoms with van der Waals surface area (Å²) in [7, 11) is 0. The number of nitrogens with zero attached hydrogens (tertiary/aromatic N) is 1. The number of nitrogens with two attached hydrogens (primary N) is 1. The minimum atomic E-state index is 0.774. The molecule has 3 aromatic rings. The number of amidine groups is 1. The van der Waals surface area contributed by atoms with Gasteiger partial charge in [0, 0.05) is 13.0 Å². The molecule has 0 aromatic heterocycles. The predicted molar refractivity (Wildman–Crippen MR) is 208 cm³/mol. The Morgan fingerprint density at radius 3 is 1.77 bits per heavy atom. The molecule has 1 fully saturated rings. The SMILES string of the molecule is CC.CCCCc1ccccc1CCCC(=NCC)NN.CCc1ccccc1CCCCCCc1ccc(C2CCNCC2)cc1. The van der Waals surface area contributed by atoms with Gasteiger partial charge in [0.25, 0.3) is 0 Å². The summed E-state index contributed by atoms with van der Waals surface area (Å²) in [5, 5.41) is 3.46. The first-order chi connectivity index (χ1) is 23.2. The Morgan fingerprint density at radius 1 is 0.681 bits per heavy atom. The number of rotatable bonds is 17. The second kappa shape index (κ2) is 26.1. The molecule has 1 aliphatic heterocycles. The van der Waals surface area contributed by atoms with Gasteiger partial charge >= 0.3 is 0 Å². The number of piperidine rings is 1. The number of benzene rings is 3. The van der Waals surface area contributed by atoms with Crippen molar-refractivity contribution in [3.05, 3.63) is 106 Å². The molecule has 4 nitrogen and oxygen atoms in total. The van der Waals surface area contributed by atoms with E-state index >= 15 is 0 Å². The van der Waals surface area contributed by atoms with E-state index in [1.165, 1.54) is 106 Å². The second-order valence-corrected chi connectivity index (χ2v) is 12.6. The largest absolute Gasteiger partial charge is 0.317 e. The number of unbranched alkanes of at least 4 members (excludes halogenated alkanes) is 4. The highest BCUT2D eigenvalue weighted by molar-refractivity contribution is 5.81. The van der Waals surface area contributed by atoms with Gasteiger partial charge in [-0.15, -0.1) is 0 Å². The molecule has 1 saturated heterocycles. The highest BCUT2D eigenvalue weighted by Gasteiger charge is 2.14. The van der Waals surface area contributed by atoms with Crippen LogP contribution >= 0.6 is 0 Å². The van der Waals surface area contributed by atoms with Crippen molar-refractivity contribution in [3.8, 4) is 0 Å². The van der Waals surface area contributed by atoms with Gasteiger partial charge in [0.15, 0.2) is 0 Å². The van der Waals surface area contributed by atoms with Crippen molar-refractivity contribution >= 4 is 5.84 Å². The molecule has 0 atom stereocenters. The van der Waals surface area contributed by atoms with Crippen LogP contribution in [0.2, 0.25) is 0 Å². The monoisotopic (exact) mass is 641 g/mol. The topological polar surface area (TPSA) is 62.4 Å². The summed E-state index contributed by atoms with van der Waals surface area (Å²) in [4.78, 5) is 4.33. The Balaban J connectivity index is 0.000000325. The molecule has 3 aromatic carbocycles. The van der Waals surface area contributed by atoms with Crippen LogP contribution in [0.25, 0.3) is 0 Å². The smallest absolute Gasteiger partial charge is 0.110 e. The maximum absolute atomic E-state index is 5.45. The van der Waals surface area contributed by atoms with E-state index in [9.17, 15) is 0 Å². The Bertz CT molecular complexity index is 1210. The first-order valence-electron chi connectivity index (χ1n) is 19.1. The summed E-state index contributed by atoms with van der Waals surface area (Å²) in [5.41, 5.74) is 11.8. The van der Waals surface area contributed by atoms with Crippen LogP contribution in [0.15, 0.2) is 77.8 Å². The van der Waals surface area contributed by atoms with Crippen molar-refractivity contribution in [2.75, 3.05) is 19.6 Å². The van der Waals surface area contributed by atoms with Crippen LogP contribution in [0.4, 0.5) is 0 Å². The molecular weight excluding hydrogens is 573 g/mol. The van der Waals surface area contributed by atoms with Gasteiger partial charge in [-0.05, 0) is 130 Å². The summed E-state index contributed by atoms with van der Waals surface area (Å²) in [6.45, 7) is 13.7. The van der Waals surface area contributed by atoms with Crippen LogP contribution in [-0.2, 0) is 32.1 Å². The van der Waals surface area contributed by atoms with Crippen LogP contribution in [-0.4, -0.2) is 25.5 Å². The number of aryl methyl sites for hydroxylation is 5. The summed E-state index contributed by atoms with van der Waals surface area (Å²) >= 11 is 0. The molecule has 4 N–H and O–H groups in total. The normalized spacial score (nSPS) is 13.3. The molecule has 0 unspecified atom stereocenters. The zero-order valence-corrected chi connectivity index (χ0v) is 30.8. The van der Waals surface area contributed by atoms with Gasteiger partial charge in [-0.25, -0.2) is 5.84 Å². The van der Waals surface area contributed by atoms with Crippen LogP contribution in [0, 0.1) is 0 Å². The molecular formula is C43H68N4. The highest BCUT2D eigenvalue weighted by Crippen LogP contribution is 2.25. The summed E-state index contributed by atoms with van der Waals surface area (Å²) in [6.07, 6.45) is 18.4. The molecule has 0 amide bonds. The van der Waals surface area contributed by atoms with E-state index in [0.29, 0.717) is 0 Å². The van der Waals surface area contributed by atoms with Gasteiger partial charge in [-0.1, -0.05) is 120 Å². The van der Waals surface area contributed by atoms with Crippen LogP contribution in [0.1, 0.15) is 138 Å². The Labute approximate surface area is 289 Å². The number of aliphatic imine (C=N–C) groups is 1. The van der Waals surface area contributed by atoms with Crippen LogP contribution in [0.5, 0.6) is 0 Å². The van der Waals surface area contributed by atoms with Gasteiger partial charge in [0.05, 0.1) is 0 Å². The van der Waals surface area contributed by atoms with Gasteiger partial charge in [-0.2, -0.15) is 0 Å². The molecule has 47 heavy (non-hydrogen) atoms. The molecule has 1 aliphatic rings. The summed E-state index contributed by atoms with van der Waals surface area (Å²) < 4.78 is 0. The zero-order chi connectivity index (χ0) is 34.0. The maximum Gasteiger partial charge on any atom is 0.110 e. The first kappa shape index (κ1) is 40.2. The predicted octanol–water partition coefficient (Wildman–Crippen LogP) is 10.3. The van der Waals surface area contributed by atoms with E-state index in [2.05, 4.69) is 102 Å². The lowest BCUT2D eigenvalue weighted by atomic mass is 9.89. The molecule has 0 radical (unpaired) electrons. The van der Waals surface area contributed by atoms with E-state index < -0.39 is 0 Å². The van der Waals surface area contributed by atoms with E-state index in [1.807, 2.05) is 20.8 Å². The minimum Gasteiger partial charge on any atom is -0.317 e. The second-order valence-electron chi connectivity index (χ2n) is 12.6. The number of hydrogen-bond acceptors (Lipinski definition) is 3. The lowest BCUT2D eigenvalue weighted by Gasteiger charge is -2.23. The zero-order valence-electron chi connectivity index (χ0n) is 30.8. The summed E-state index contributed by atoms with van der Waals surface area (Å²) in [5.74, 6) is 7.14. The van der Waals surface area contributed by atoms with E-state index in [4.69, 9.17) is 5.84 Å². The molecule has 260 valence electrons. The molecule has 0 spiro atoms. The first-order valence-corrected chi connectivity index (χ1v) is 19.1. The average Bonchev–Trinajstić information content (AvgIpc) is 3.14. The fourth-order valence-electron chi connectivity index (χ4n) is 6.50. The lowest BCUT2D eigenvalue weighted by Crippen LogP contribution is -2.30. The molecule has 4 rings (SSSR count). The number of nitrogens with one attached hydrogen (secondary N) is 2. The standard InChI is InChI=1S/C25H35N.C16H27N3.C2H6/c1-2-22-10-7-8-12-23(22)11-6-4-3-5-9-21-13-15-24(16-14-21)25-17-19-26-20-18-25;1-3-5-9-14-10-6-7-11-15(14)12-8-13-16(19-17)18-4-2;1-2/h7-8,10,12-16,25-26H,2-6,9,11,17-20H2,1H3;6-7,10-11H,3-5,8-9,12-13,17H2,1-2H3,(H,18,19);1-2H3. The van der Waals surface area contributed by atoms with E-state index in [-0.39, 0.29) is 0 Å². The Hall–Kier alpha value is -2.95. The molecule has 4 heteroatoms. The van der Waals surface area contributed by atoms with Crippen molar-refractivity contribution in [2.24, 2.45) is 10.8 Å². The quantitative estimate of drug-likeness (QED) is 0.0452. The van der Waals surface area contributed by atoms with Gasteiger partial charge < -0.3 is 10.7 Å².